The second kappa shape index (κ2) is 8.16. The fourth-order valence-electron chi connectivity index (χ4n) is 3.85. The summed E-state index contributed by atoms with van der Waals surface area (Å²) in [7, 11) is 0. The summed E-state index contributed by atoms with van der Waals surface area (Å²) in [5.41, 5.74) is 8.04. The molecule has 2 unspecified atom stereocenters. The number of aliphatic hydroxyl groups is 1. The molecule has 8 nitrogen and oxygen atoms in total. The molecule has 2 aliphatic rings. The number of benzene rings is 1. The summed E-state index contributed by atoms with van der Waals surface area (Å²) in [6, 6.07) is 5.08. The van der Waals surface area contributed by atoms with Gasteiger partial charge in [0.15, 0.2) is 0 Å². The van der Waals surface area contributed by atoms with E-state index in [1.54, 1.807) is 11.8 Å². The summed E-state index contributed by atoms with van der Waals surface area (Å²) in [5.74, 6) is -0.885. The summed E-state index contributed by atoms with van der Waals surface area (Å²) >= 11 is 0. The lowest BCUT2D eigenvalue weighted by Crippen LogP contribution is -2.52. The number of hydrogen-bond donors (Lipinski definition) is 3. The number of rotatable bonds is 7. The Balaban J connectivity index is 1.81. The highest BCUT2D eigenvalue weighted by Crippen LogP contribution is 2.30. The van der Waals surface area contributed by atoms with E-state index in [-0.39, 0.29) is 18.2 Å². The van der Waals surface area contributed by atoms with E-state index in [0.717, 1.165) is 11.1 Å². The molecule has 1 aromatic rings. The molecular weight excluding hydrogens is 348 g/mol. The third-order valence-corrected chi connectivity index (χ3v) is 5.00. The molecule has 27 heavy (non-hydrogen) atoms. The first-order valence-corrected chi connectivity index (χ1v) is 9.26. The number of aliphatic hydroxyl groups excluding tert-OH is 1. The fourth-order valence-corrected chi connectivity index (χ4v) is 3.85. The van der Waals surface area contributed by atoms with Crippen LogP contribution in [0.1, 0.15) is 41.3 Å². The van der Waals surface area contributed by atoms with Gasteiger partial charge in [-0.15, -0.1) is 0 Å². The van der Waals surface area contributed by atoms with Crippen molar-refractivity contribution in [3.63, 3.8) is 0 Å². The molecule has 0 aliphatic carbocycles. The Morgan fingerprint density at radius 1 is 1.37 bits per heavy atom. The molecule has 3 amide bonds. The largest absolute Gasteiger partial charge is 0.392 e. The van der Waals surface area contributed by atoms with Crippen LogP contribution in [0.4, 0.5) is 0 Å². The van der Waals surface area contributed by atoms with Gasteiger partial charge in [0.1, 0.15) is 6.04 Å². The van der Waals surface area contributed by atoms with E-state index in [1.807, 2.05) is 23.1 Å². The van der Waals surface area contributed by atoms with Gasteiger partial charge in [-0.2, -0.15) is 0 Å². The van der Waals surface area contributed by atoms with Crippen LogP contribution in [0, 0.1) is 0 Å². The smallest absolute Gasteiger partial charge is 0.255 e. The first-order chi connectivity index (χ1) is 12.9. The first-order valence-electron chi connectivity index (χ1n) is 9.26. The van der Waals surface area contributed by atoms with Crippen molar-refractivity contribution in [1.29, 1.82) is 0 Å². The average Bonchev–Trinajstić information content (AvgIpc) is 2.92. The molecule has 1 aromatic carbocycles. The van der Waals surface area contributed by atoms with Gasteiger partial charge in [-0.3, -0.25) is 24.6 Å². The summed E-state index contributed by atoms with van der Waals surface area (Å²) < 4.78 is 0. The average molecular weight is 374 g/mol. The highest BCUT2D eigenvalue weighted by Gasteiger charge is 2.40. The van der Waals surface area contributed by atoms with Crippen LogP contribution in [-0.2, 0) is 22.7 Å². The molecule has 0 saturated carbocycles. The number of fused-ring (bicyclic) bond motifs is 1. The van der Waals surface area contributed by atoms with Crippen LogP contribution in [0.2, 0.25) is 0 Å². The third-order valence-electron chi connectivity index (χ3n) is 5.00. The lowest BCUT2D eigenvalue weighted by atomic mass is 10.0. The molecule has 2 heterocycles. The van der Waals surface area contributed by atoms with Crippen LogP contribution in [0.15, 0.2) is 18.2 Å². The van der Waals surface area contributed by atoms with Crippen LogP contribution < -0.4 is 11.1 Å². The molecule has 1 fully saturated rings. The number of amides is 3. The highest BCUT2D eigenvalue weighted by atomic mass is 16.3. The third kappa shape index (κ3) is 4.18. The minimum Gasteiger partial charge on any atom is -0.392 e. The van der Waals surface area contributed by atoms with Crippen molar-refractivity contribution in [3.05, 3.63) is 34.9 Å². The zero-order valence-corrected chi connectivity index (χ0v) is 15.5. The minimum absolute atomic E-state index is 0.181. The van der Waals surface area contributed by atoms with Crippen molar-refractivity contribution in [3.8, 4) is 0 Å². The summed E-state index contributed by atoms with van der Waals surface area (Å²) in [5, 5.41) is 12.0. The van der Waals surface area contributed by atoms with E-state index in [2.05, 4.69) is 5.32 Å². The number of hydrogen-bond acceptors (Lipinski definition) is 6. The van der Waals surface area contributed by atoms with Crippen LogP contribution >= 0.6 is 0 Å². The standard InChI is InChI=1S/C19H26N4O4/c1-12(24)9-22(8-7-20)10-13-3-2-4-14-11-23(19(27)17(13)14)15-5-6-16(25)21-18(15)26/h2-4,12,15,24H,5-11,20H2,1H3,(H,21,25,26). The lowest BCUT2D eigenvalue weighted by molar-refractivity contribution is -0.136. The number of imide groups is 1. The van der Waals surface area contributed by atoms with Crippen molar-refractivity contribution in [2.75, 3.05) is 19.6 Å². The summed E-state index contributed by atoms with van der Waals surface area (Å²) in [4.78, 5) is 40.2. The van der Waals surface area contributed by atoms with E-state index < -0.39 is 18.1 Å². The Bertz CT molecular complexity index is 749. The summed E-state index contributed by atoms with van der Waals surface area (Å²) in [6.07, 6.45) is 0.0901. The van der Waals surface area contributed by atoms with E-state index in [9.17, 15) is 19.5 Å². The van der Waals surface area contributed by atoms with Crippen molar-refractivity contribution in [2.45, 2.75) is 45.0 Å². The Labute approximate surface area is 158 Å². The van der Waals surface area contributed by atoms with Crippen LogP contribution in [-0.4, -0.2) is 64.4 Å². The molecular formula is C19H26N4O4. The molecule has 0 radical (unpaired) electrons. The molecule has 3 rings (SSSR count). The van der Waals surface area contributed by atoms with E-state index in [1.165, 1.54) is 0 Å². The van der Waals surface area contributed by atoms with E-state index in [4.69, 9.17) is 5.73 Å². The molecule has 8 heteroatoms. The molecule has 0 bridgehead atoms. The molecule has 2 aliphatic heterocycles. The van der Waals surface area contributed by atoms with Gasteiger partial charge in [0, 0.05) is 44.7 Å². The highest BCUT2D eigenvalue weighted by molar-refractivity contribution is 6.05. The normalized spacial score (nSPS) is 20.8. The zero-order chi connectivity index (χ0) is 19.6. The quantitative estimate of drug-likeness (QED) is 0.559. The van der Waals surface area contributed by atoms with E-state index >= 15 is 0 Å². The van der Waals surface area contributed by atoms with Gasteiger partial charge in [0.05, 0.1) is 6.10 Å². The van der Waals surface area contributed by atoms with Crippen molar-refractivity contribution in [1.82, 2.24) is 15.1 Å². The number of carbonyl (C=O) groups is 3. The summed E-state index contributed by atoms with van der Waals surface area (Å²) in [6.45, 7) is 4.11. The van der Waals surface area contributed by atoms with Gasteiger partial charge in [0.2, 0.25) is 11.8 Å². The first kappa shape index (κ1) is 19.5. The van der Waals surface area contributed by atoms with Crippen molar-refractivity contribution < 1.29 is 19.5 Å². The predicted molar refractivity (Wildman–Crippen MR) is 98.5 cm³/mol. The maximum Gasteiger partial charge on any atom is 0.255 e. The SMILES string of the molecule is CC(O)CN(CCN)Cc1cccc2c1C(=O)N(C1CCC(=O)NC1=O)C2. The molecule has 1 saturated heterocycles. The van der Waals surface area contributed by atoms with Gasteiger partial charge in [-0.25, -0.2) is 0 Å². The zero-order valence-electron chi connectivity index (χ0n) is 15.5. The van der Waals surface area contributed by atoms with Crippen molar-refractivity contribution >= 4 is 17.7 Å². The fraction of sp³-hybridized carbons (Fsp3) is 0.526. The maximum absolute atomic E-state index is 13.1. The van der Waals surface area contributed by atoms with Gasteiger partial charge in [-0.05, 0) is 24.5 Å². The number of nitrogens with zero attached hydrogens (tertiary/aromatic N) is 2. The Morgan fingerprint density at radius 2 is 2.15 bits per heavy atom. The number of nitrogens with two attached hydrogens (primary N) is 1. The topological polar surface area (TPSA) is 116 Å². The number of carbonyl (C=O) groups excluding carboxylic acids is 3. The van der Waals surface area contributed by atoms with Crippen molar-refractivity contribution in [2.24, 2.45) is 5.73 Å². The monoisotopic (exact) mass is 374 g/mol. The molecule has 0 spiro atoms. The Morgan fingerprint density at radius 3 is 2.81 bits per heavy atom. The van der Waals surface area contributed by atoms with E-state index in [0.29, 0.717) is 44.7 Å². The molecule has 146 valence electrons. The Hall–Kier alpha value is -2.29. The van der Waals surface area contributed by atoms with Crippen LogP contribution in [0.3, 0.4) is 0 Å². The van der Waals surface area contributed by atoms with Crippen LogP contribution in [0.5, 0.6) is 0 Å². The number of piperidine rings is 1. The Kier molecular flexibility index (Phi) is 5.88. The second-order valence-electron chi connectivity index (χ2n) is 7.22. The number of nitrogens with one attached hydrogen (secondary N) is 1. The molecule has 0 aromatic heterocycles. The molecule has 4 N–H and O–H groups in total. The molecule has 2 atom stereocenters. The van der Waals surface area contributed by atoms with Gasteiger partial charge >= 0.3 is 0 Å². The predicted octanol–water partition coefficient (Wildman–Crippen LogP) is -0.411. The lowest BCUT2D eigenvalue weighted by Gasteiger charge is -2.29. The second-order valence-corrected chi connectivity index (χ2v) is 7.22. The van der Waals surface area contributed by atoms with Crippen LogP contribution in [0.25, 0.3) is 0 Å². The van der Waals surface area contributed by atoms with Gasteiger partial charge in [0.25, 0.3) is 5.91 Å². The minimum atomic E-state index is -0.618. The van der Waals surface area contributed by atoms with Gasteiger partial charge in [-0.1, -0.05) is 18.2 Å². The van der Waals surface area contributed by atoms with Gasteiger partial charge < -0.3 is 15.7 Å². The maximum atomic E-state index is 13.1.